The quantitative estimate of drug-likeness (QED) is 0.877. The van der Waals surface area contributed by atoms with E-state index in [1.165, 1.54) is 12.1 Å². The van der Waals surface area contributed by atoms with Crippen LogP contribution in [0.3, 0.4) is 0 Å². The molecule has 1 amide bonds. The maximum Gasteiger partial charge on any atom is 0.269 e. The first-order chi connectivity index (χ1) is 12.5. The maximum atomic E-state index is 12.9. The summed E-state index contributed by atoms with van der Waals surface area (Å²) in [7, 11) is 0. The standard InChI is InChI=1S/C18H16ClFN4O2/c19-14-10-13(5-4-12(14)11-21)26-18(8-2-1-3-9-18)17(25)22-16-7-6-15(20)23-24-16/h4-7,10H,1-3,8-9H2,(H,22,24,25). The van der Waals surface area contributed by atoms with E-state index < -0.39 is 11.5 Å². The molecule has 0 atom stereocenters. The minimum atomic E-state index is -1.08. The lowest BCUT2D eigenvalue weighted by Gasteiger charge is -2.36. The van der Waals surface area contributed by atoms with E-state index in [4.69, 9.17) is 21.6 Å². The van der Waals surface area contributed by atoms with Crippen molar-refractivity contribution in [3.63, 3.8) is 0 Å². The van der Waals surface area contributed by atoms with Gasteiger partial charge in [0.15, 0.2) is 11.4 Å². The highest BCUT2D eigenvalue weighted by molar-refractivity contribution is 6.31. The van der Waals surface area contributed by atoms with Gasteiger partial charge in [0, 0.05) is 6.07 Å². The lowest BCUT2D eigenvalue weighted by atomic mass is 9.83. The Kier molecular flexibility index (Phi) is 5.33. The van der Waals surface area contributed by atoms with E-state index in [0.717, 1.165) is 25.3 Å². The minimum Gasteiger partial charge on any atom is -0.477 e. The summed E-state index contributed by atoms with van der Waals surface area (Å²) in [6.45, 7) is 0. The van der Waals surface area contributed by atoms with Gasteiger partial charge in [0.1, 0.15) is 11.8 Å². The number of anilines is 1. The predicted molar refractivity (Wildman–Crippen MR) is 93.2 cm³/mol. The average Bonchev–Trinajstić information content (AvgIpc) is 2.64. The summed E-state index contributed by atoms with van der Waals surface area (Å²) in [5, 5.41) is 18.8. The monoisotopic (exact) mass is 374 g/mol. The van der Waals surface area contributed by atoms with Crippen LogP contribution in [0, 0.1) is 17.3 Å². The van der Waals surface area contributed by atoms with Crippen molar-refractivity contribution in [2.24, 2.45) is 0 Å². The number of amides is 1. The topological polar surface area (TPSA) is 87.9 Å². The smallest absolute Gasteiger partial charge is 0.269 e. The Morgan fingerprint density at radius 3 is 2.62 bits per heavy atom. The fourth-order valence-electron chi connectivity index (χ4n) is 2.99. The van der Waals surface area contributed by atoms with Gasteiger partial charge in [-0.1, -0.05) is 18.0 Å². The minimum absolute atomic E-state index is 0.155. The third-order valence-corrected chi connectivity index (χ3v) is 4.64. The molecule has 1 aromatic carbocycles. The molecule has 1 aliphatic rings. The average molecular weight is 375 g/mol. The molecule has 1 N–H and O–H groups in total. The number of nitrogens with one attached hydrogen (secondary N) is 1. The Balaban J connectivity index is 1.84. The normalized spacial score (nSPS) is 15.7. The van der Waals surface area contributed by atoms with Crippen molar-refractivity contribution in [2.75, 3.05) is 5.32 Å². The van der Waals surface area contributed by atoms with E-state index in [0.29, 0.717) is 24.2 Å². The third kappa shape index (κ3) is 3.92. The molecular formula is C18H16ClFN4O2. The first-order valence-corrected chi connectivity index (χ1v) is 8.59. The SMILES string of the molecule is N#Cc1ccc(OC2(C(=O)Nc3ccc(F)nn3)CCCCC2)cc1Cl. The van der Waals surface area contributed by atoms with Gasteiger partial charge in [-0.2, -0.15) is 9.65 Å². The van der Waals surface area contributed by atoms with E-state index in [2.05, 4.69) is 15.5 Å². The number of nitriles is 1. The zero-order valence-corrected chi connectivity index (χ0v) is 14.6. The molecule has 134 valence electrons. The number of halogens is 2. The Labute approximate surface area is 154 Å². The van der Waals surface area contributed by atoms with Crippen molar-refractivity contribution in [3.8, 4) is 11.8 Å². The van der Waals surface area contributed by atoms with E-state index in [-0.39, 0.29) is 16.7 Å². The highest BCUT2D eigenvalue weighted by Crippen LogP contribution is 2.35. The van der Waals surface area contributed by atoms with E-state index in [9.17, 15) is 9.18 Å². The summed E-state index contributed by atoms with van der Waals surface area (Å²) in [6.07, 6.45) is 3.76. The maximum absolute atomic E-state index is 12.9. The Morgan fingerprint density at radius 1 is 1.23 bits per heavy atom. The summed E-state index contributed by atoms with van der Waals surface area (Å²) >= 11 is 6.06. The van der Waals surface area contributed by atoms with Crippen LogP contribution in [0.4, 0.5) is 10.2 Å². The zero-order chi connectivity index (χ0) is 18.6. The molecule has 1 fully saturated rings. The van der Waals surface area contributed by atoms with Gasteiger partial charge in [0.2, 0.25) is 5.95 Å². The molecule has 2 aromatic rings. The number of ether oxygens (including phenoxy) is 1. The van der Waals surface area contributed by atoms with Gasteiger partial charge in [-0.25, -0.2) is 0 Å². The second-order valence-electron chi connectivity index (χ2n) is 6.11. The van der Waals surface area contributed by atoms with Crippen LogP contribution >= 0.6 is 11.6 Å². The third-order valence-electron chi connectivity index (χ3n) is 4.32. The molecule has 8 heteroatoms. The summed E-state index contributed by atoms with van der Waals surface area (Å²) in [6, 6.07) is 9.15. The lowest BCUT2D eigenvalue weighted by molar-refractivity contribution is -0.134. The molecule has 0 radical (unpaired) electrons. The van der Waals surface area contributed by atoms with Crippen molar-refractivity contribution in [1.82, 2.24) is 10.2 Å². The van der Waals surface area contributed by atoms with Crippen LogP contribution in [0.2, 0.25) is 5.02 Å². The summed E-state index contributed by atoms with van der Waals surface area (Å²) in [4.78, 5) is 12.9. The van der Waals surface area contributed by atoms with Crippen LogP contribution in [0.25, 0.3) is 0 Å². The number of hydrogen-bond donors (Lipinski definition) is 1. The molecule has 26 heavy (non-hydrogen) atoms. The molecule has 1 aliphatic carbocycles. The first-order valence-electron chi connectivity index (χ1n) is 8.22. The second kappa shape index (κ2) is 7.67. The lowest BCUT2D eigenvalue weighted by Crippen LogP contribution is -2.49. The molecule has 1 aromatic heterocycles. The fourth-order valence-corrected chi connectivity index (χ4v) is 3.20. The van der Waals surface area contributed by atoms with Gasteiger partial charge in [0.05, 0.1) is 10.6 Å². The van der Waals surface area contributed by atoms with Gasteiger partial charge in [0.25, 0.3) is 5.91 Å². The zero-order valence-electron chi connectivity index (χ0n) is 13.8. The number of aromatic nitrogens is 2. The molecule has 1 heterocycles. The second-order valence-corrected chi connectivity index (χ2v) is 6.51. The van der Waals surface area contributed by atoms with Crippen molar-refractivity contribution in [2.45, 2.75) is 37.7 Å². The molecule has 1 saturated carbocycles. The molecule has 3 rings (SSSR count). The molecule has 0 aliphatic heterocycles. The van der Waals surface area contributed by atoms with Crippen LogP contribution in [-0.2, 0) is 4.79 Å². The number of hydrogen-bond acceptors (Lipinski definition) is 5. The van der Waals surface area contributed by atoms with Crippen LogP contribution < -0.4 is 10.1 Å². The van der Waals surface area contributed by atoms with Gasteiger partial charge >= 0.3 is 0 Å². The number of carbonyl (C=O) groups excluding carboxylic acids is 1. The van der Waals surface area contributed by atoms with Crippen molar-refractivity contribution in [1.29, 1.82) is 5.26 Å². The van der Waals surface area contributed by atoms with Crippen LogP contribution in [0.5, 0.6) is 5.75 Å². The molecule has 0 saturated heterocycles. The molecule has 0 unspecified atom stereocenters. The highest BCUT2D eigenvalue weighted by Gasteiger charge is 2.42. The van der Waals surface area contributed by atoms with Crippen LogP contribution in [0.1, 0.15) is 37.7 Å². The molecule has 0 spiro atoms. The van der Waals surface area contributed by atoms with Crippen molar-refractivity contribution in [3.05, 3.63) is 46.9 Å². The molecule has 0 bridgehead atoms. The van der Waals surface area contributed by atoms with Crippen LogP contribution in [0.15, 0.2) is 30.3 Å². The van der Waals surface area contributed by atoms with Gasteiger partial charge < -0.3 is 10.1 Å². The van der Waals surface area contributed by atoms with Gasteiger partial charge in [-0.15, -0.1) is 10.2 Å². The molecule has 6 nitrogen and oxygen atoms in total. The van der Waals surface area contributed by atoms with Gasteiger partial charge in [-0.3, -0.25) is 4.79 Å². The number of benzene rings is 1. The van der Waals surface area contributed by atoms with E-state index in [1.807, 2.05) is 6.07 Å². The Bertz CT molecular complexity index is 845. The Morgan fingerprint density at radius 2 is 2.00 bits per heavy atom. The largest absolute Gasteiger partial charge is 0.477 e. The predicted octanol–water partition coefficient (Wildman–Crippen LogP) is 3.86. The summed E-state index contributed by atoms with van der Waals surface area (Å²) in [5.74, 6) is -0.517. The fraction of sp³-hybridized carbons (Fsp3) is 0.333. The highest BCUT2D eigenvalue weighted by atomic mass is 35.5. The van der Waals surface area contributed by atoms with Crippen LogP contribution in [-0.4, -0.2) is 21.7 Å². The summed E-state index contributed by atoms with van der Waals surface area (Å²) in [5.41, 5.74) is -0.742. The Hall–Kier alpha value is -2.72. The van der Waals surface area contributed by atoms with E-state index in [1.54, 1.807) is 12.1 Å². The van der Waals surface area contributed by atoms with Crippen molar-refractivity contribution < 1.29 is 13.9 Å². The molecular weight excluding hydrogens is 359 g/mol. The van der Waals surface area contributed by atoms with Gasteiger partial charge in [-0.05, 0) is 49.9 Å². The number of nitrogens with zero attached hydrogens (tertiary/aromatic N) is 3. The first kappa shape index (κ1) is 18.1. The van der Waals surface area contributed by atoms with Crippen molar-refractivity contribution >= 4 is 23.3 Å². The number of carbonyl (C=O) groups is 1. The summed E-state index contributed by atoms with van der Waals surface area (Å²) < 4.78 is 18.9. The number of rotatable bonds is 4. The van der Waals surface area contributed by atoms with E-state index >= 15 is 0 Å².